The van der Waals surface area contributed by atoms with Crippen LogP contribution in [0.3, 0.4) is 0 Å². The van der Waals surface area contributed by atoms with Crippen molar-refractivity contribution in [1.29, 1.82) is 0 Å². The molecule has 2 aromatic carbocycles. The highest BCUT2D eigenvalue weighted by atomic mass is 32.2. The molecule has 0 radical (unpaired) electrons. The number of anilines is 1. The molecule has 2 N–H and O–H groups in total. The van der Waals surface area contributed by atoms with Crippen LogP contribution in [0.15, 0.2) is 64.6 Å². The van der Waals surface area contributed by atoms with E-state index in [2.05, 4.69) is 15.3 Å². The number of carbonyl (C=O) groups is 1. The third-order valence-electron chi connectivity index (χ3n) is 3.35. The number of hydrogen-bond donors (Lipinski definition) is 2. The summed E-state index contributed by atoms with van der Waals surface area (Å²) in [7, 11) is -4.61. The number of rotatable bonds is 7. The number of amides is 1. The van der Waals surface area contributed by atoms with Crippen molar-refractivity contribution >= 4 is 39.8 Å². The Morgan fingerprint density at radius 3 is 2.35 bits per heavy atom. The number of nitrogens with one attached hydrogen (secondary N) is 1. The highest BCUT2D eigenvalue weighted by Crippen LogP contribution is 2.24. The molecule has 0 heterocycles. The summed E-state index contributed by atoms with van der Waals surface area (Å²) < 4.78 is 32.7. The van der Waals surface area contributed by atoms with Gasteiger partial charge in [0.2, 0.25) is 5.91 Å². The smallest absolute Gasteiger partial charge is 0.281 e. The Kier molecular flexibility index (Phi) is 6.76. The molecule has 0 fully saturated rings. The molecule has 0 bridgehead atoms. The molecule has 2 rings (SSSR count). The highest BCUT2D eigenvalue weighted by molar-refractivity contribution is 7.86. The first-order chi connectivity index (χ1) is 12.4. The van der Waals surface area contributed by atoms with Crippen LogP contribution in [-0.4, -0.2) is 37.9 Å². The van der Waals surface area contributed by atoms with Crippen LogP contribution in [0.4, 0.5) is 11.4 Å². The molecule has 0 saturated heterocycles. The van der Waals surface area contributed by atoms with E-state index in [4.69, 9.17) is 0 Å². The molecule has 26 heavy (non-hydrogen) atoms. The molecular formula is C18H19N3O4S. The van der Waals surface area contributed by atoms with Crippen LogP contribution in [-0.2, 0) is 14.9 Å². The van der Waals surface area contributed by atoms with Gasteiger partial charge in [-0.1, -0.05) is 30.3 Å². The average molecular weight is 373 g/mol. The Balaban J connectivity index is 2.14. The molecule has 0 aliphatic carbocycles. The molecule has 0 saturated carbocycles. The lowest BCUT2D eigenvalue weighted by Crippen LogP contribution is -2.27. The molecule has 0 aromatic heterocycles. The van der Waals surface area contributed by atoms with E-state index in [0.29, 0.717) is 17.9 Å². The highest BCUT2D eigenvalue weighted by Gasteiger charge is 2.32. The molecule has 0 aliphatic rings. The summed E-state index contributed by atoms with van der Waals surface area (Å²) in [6, 6.07) is 14.3. The average Bonchev–Trinajstić information content (AvgIpc) is 2.60. The van der Waals surface area contributed by atoms with Crippen molar-refractivity contribution in [3.05, 3.63) is 60.2 Å². The predicted octanol–water partition coefficient (Wildman–Crippen LogP) is 3.05. The van der Waals surface area contributed by atoms with E-state index >= 15 is 0 Å². The minimum absolute atomic E-state index is 0.184. The van der Waals surface area contributed by atoms with Gasteiger partial charge >= 0.3 is 0 Å². The second-order valence-corrected chi connectivity index (χ2v) is 6.77. The SMILES string of the molecule is CC/N=C\C=N\c1ccc(NC(=O)C(c2ccccc2)S(=O)(=O)O)cc1. The van der Waals surface area contributed by atoms with Gasteiger partial charge in [0.1, 0.15) is 0 Å². The minimum Gasteiger partial charge on any atom is -0.325 e. The molecule has 1 amide bonds. The summed E-state index contributed by atoms with van der Waals surface area (Å²) in [5, 5.41) is 0.792. The van der Waals surface area contributed by atoms with E-state index < -0.39 is 21.3 Å². The van der Waals surface area contributed by atoms with E-state index in [1.165, 1.54) is 12.1 Å². The Labute approximate surface area is 152 Å². The molecule has 1 atom stereocenters. The molecule has 0 spiro atoms. The second-order valence-electron chi connectivity index (χ2n) is 5.27. The van der Waals surface area contributed by atoms with Crippen molar-refractivity contribution in [2.45, 2.75) is 12.2 Å². The Morgan fingerprint density at radius 1 is 1.12 bits per heavy atom. The number of nitrogens with zero attached hydrogens (tertiary/aromatic N) is 2. The van der Waals surface area contributed by atoms with Gasteiger partial charge in [0, 0.05) is 24.7 Å². The van der Waals surface area contributed by atoms with Crippen molar-refractivity contribution in [3.63, 3.8) is 0 Å². The Morgan fingerprint density at radius 2 is 1.77 bits per heavy atom. The minimum atomic E-state index is -4.61. The molecular weight excluding hydrogens is 354 g/mol. The summed E-state index contributed by atoms with van der Waals surface area (Å²) in [6.07, 6.45) is 3.15. The van der Waals surface area contributed by atoms with Crippen molar-refractivity contribution in [2.24, 2.45) is 9.98 Å². The van der Waals surface area contributed by atoms with Gasteiger partial charge in [-0.05, 0) is 36.8 Å². The quantitative estimate of drug-likeness (QED) is 0.574. The van der Waals surface area contributed by atoms with Gasteiger partial charge in [0.25, 0.3) is 10.1 Å². The number of benzene rings is 2. The zero-order chi connectivity index (χ0) is 19.0. The van der Waals surface area contributed by atoms with Gasteiger partial charge in [-0.15, -0.1) is 0 Å². The summed E-state index contributed by atoms with van der Waals surface area (Å²) in [6.45, 7) is 2.59. The van der Waals surface area contributed by atoms with E-state index in [-0.39, 0.29) is 5.56 Å². The van der Waals surface area contributed by atoms with E-state index in [9.17, 15) is 17.8 Å². The summed E-state index contributed by atoms with van der Waals surface area (Å²) in [5.41, 5.74) is 1.23. The first-order valence-electron chi connectivity index (χ1n) is 7.86. The molecule has 8 heteroatoms. The molecule has 136 valence electrons. The zero-order valence-corrected chi connectivity index (χ0v) is 14.9. The lowest BCUT2D eigenvalue weighted by Gasteiger charge is -2.14. The van der Waals surface area contributed by atoms with Crippen LogP contribution in [0, 0.1) is 0 Å². The van der Waals surface area contributed by atoms with Crippen molar-refractivity contribution in [1.82, 2.24) is 0 Å². The van der Waals surface area contributed by atoms with E-state index in [1.54, 1.807) is 54.9 Å². The van der Waals surface area contributed by atoms with Gasteiger partial charge < -0.3 is 5.32 Å². The largest absolute Gasteiger partial charge is 0.325 e. The number of carbonyl (C=O) groups excluding carboxylic acids is 1. The first kappa shape index (κ1) is 19.5. The lowest BCUT2D eigenvalue weighted by atomic mass is 10.1. The standard InChI is InChI=1S/C18H19N3O4S/c1-2-19-12-13-20-15-8-10-16(11-9-15)21-18(22)17(26(23,24)25)14-6-4-3-5-7-14/h3-13,17H,2H2,1H3,(H,21,22)(H,23,24,25)/b19-12-,20-13+. The molecule has 0 aliphatic heterocycles. The number of hydrogen-bond acceptors (Lipinski definition) is 5. The summed E-state index contributed by atoms with van der Waals surface area (Å²) >= 11 is 0. The van der Waals surface area contributed by atoms with E-state index in [0.717, 1.165) is 0 Å². The monoisotopic (exact) mass is 373 g/mol. The maximum Gasteiger partial charge on any atom is 0.281 e. The summed E-state index contributed by atoms with van der Waals surface area (Å²) in [5.74, 6) is -0.843. The van der Waals surface area contributed by atoms with E-state index in [1.807, 2.05) is 6.92 Å². The normalized spacial score (nSPS) is 13.2. The molecule has 2 aromatic rings. The topological polar surface area (TPSA) is 108 Å². The van der Waals surface area contributed by atoms with Gasteiger partial charge in [0.15, 0.2) is 5.25 Å². The fraction of sp³-hybridized carbons (Fsp3) is 0.167. The van der Waals surface area contributed by atoms with Crippen LogP contribution >= 0.6 is 0 Å². The van der Waals surface area contributed by atoms with Crippen LogP contribution in [0.25, 0.3) is 0 Å². The number of aliphatic imine (C=N–C) groups is 2. The van der Waals surface area contributed by atoms with Crippen LogP contribution < -0.4 is 5.32 Å². The van der Waals surface area contributed by atoms with Crippen LogP contribution in [0.2, 0.25) is 0 Å². The molecule has 7 nitrogen and oxygen atoms in total. The maximum atomic E-state index is 12.4. The van der Waals surface area contributed by atoms with Gasteiger partial charge in [-0.25, -0.2) is 0 Å². The molecule has 1 unspecified atom stereocenters. The zero-order valence-electron chi connectivity index (χ0n) is 14.1. The van der Waals surface area contributed by atoms with Crippen molar-refractivity contribution in [3.8, 4) is 0 Å². The van der Waals surface area contributed by atoms with Crippen LogP contribution in [0.5, 0.6) is 0 Å². The van der Waals surface area contributed by atoms with Crippen molar-refractivity contribution in [2.75, 3.05) is 11.9 Å². The van der Waals surface area contributed by atoms with Crippen molar-refractivity contribution < 1.29 is 17.8 Å². The third-order valence-corrected chi connectivity index (χ3v) is 4.43. The Bertz CT molecular complexity index is 892. The predicted molar refractivity (Wildman–Crippen MR) is 103 cm³/mol. The third kappa shape index (κ3) is 5.61. The van der Waals surface area contributed by atoms with Gasteiger partial charge in [-0.2, -0.15) is 8.42 Å². The van der Waals surface area contributed by atoms with Gasteiger partial charge in [0.05, 0.1) is 5.69 Å². The first-order valence-corrected chi connectivity index (χ1v) is 9.37. The fourth-order valence-electron chi connectivity index (χ4n) is 2.20. The maximum absolute atomic E-state index is 12.4. The second kappa shape index (κ2) is 9.02. The lowest BCUT2D eigenvalue weighted by molar-refractivity contribution is -0.116. The van der Waals surface area contributed by atoms with Gasteiger partial charge in [-0.3, -0.25) is 19.3 Å². The fourth-order valence-corrected chi connectivity index (χ4v) is 3.03. The summed E-state index contributed by atoms with van der Waals surface area (Å²) in [4.78, 5) is 20.6. The van der Waals surface area contributed by atoms with Crippen LogP contribution in [0.1, 0.15) is 17.7 Å². The Hall–Kier alpha value is -2.84.